The van der Waals surface area contributed by atoms with Crippen LogP contribution in [-0.4, -0.2) is 10.2 Å². The minimum absolute atomic E-state index is 0.428. The van der Waals surface area contributed by atoms with E-state index < -0.39 is 0 Å². The molecule has 0 fully saturated rings. The Bertz CT molecular complexity index is 521. The van der Waals surface area contributed by atoms with E-state index in [0.29, 0.717) is 12.5 Å². The van der Waals surface area contributed by atoms with Crippen LogP contribution in [0.3, 0.4) is 0 Å². The standard InChI is InChI=1S/C13H15N3S/c14-8-12-15-16-13(17-12)11-7-3-5-9-4-1-2-6-10(9)11/h1-2,4,6,11H,3,5,7-8,14H2. The number of hydrogen-bond donors (Lipinski definition) is 1. The molecule has 0 spiro atoms. The molecule has 88 valence electrons. The minimum Gasteiger partial charge on any atom is -0.324 e. The molecule has 1 atom stereocenters. The van der Waals surface area contributed by atoms with Gasteiger partial charge in [-0.3, -0.25) is 0 Å². The predicted molar refractivity (Wildman–Crippen MR) is 69.0 cm³/mol. The van der Waals surface area contributed by atoms with E-state index in [1.165, 1.54) is 30.4 Å². The lowest BCUT2D eigenvalue weighted by Crippen LogP contribution is -2.10. The SMILES string of the molecule is NCc1nnc(C2CCCc3ccccc32)s1. The molecule has 1 heterocycles. The van der Waals surface area contributed by atoms with Crippen LogP contribution in [0.4, 0.5) is 0 Å². The molecular weight excluding hydrogens is 230 g/mol. The van der Waals surface area contributed by atoms with Crippen LogP contribution in [0.5, 0.6) is 0 Å². The number of benzene rings is 1. The van der Waals surface area contributed by atoms with Crippen LogP contribution < -0.4 is 5.73 Å². The van der Waals surface area contributed by atoms with E-state index >= 15 is 0 Å². The number of rotatable bonds is 2. The van der Waals surface area contributed by atoms with E-state index in [2.05, 4.69) is 34.5 Å². The zero-order valence-corrected chi connectivity index (χ0v) is 10.4. The van der Waals surface area contributed by atoms with Crippen molar-refractivity contribution in [1.82, 2.24) is 10.2 Å². The summed E-state index contributed by atoms with van der Waals surface area (Å²) < 4.78 is 0. The van der Waals surface area contributed by atoms with Gasteiger partial charge in [-0.25, -0.2) is 0 Å². The topological polar surface area (TPSA) is 51.8 Å². The molecule has 0 radical (unpaired) electrons. The number of hydrogen-bond acceptors (Lipinski definition) is 4. The van der Waals surface area contributed by atoms with Crippen LogP contribution >= 0.6 is 11.3 Å². The molecule has 1 aliphatic carbocycles. The Morgan fingerprint density at radius 3 is 3.00 bits per heavy atom. The summed E-state index contributed by atoms with van der Waals surface area (Å²) in [5, 5.41) is 10.5. The van der Waals surface area contributed by atoms with Gasteiger partial charge in [-0.15, -0.1) is 10.2 Å². The highest BCUT2D eigenvalue weighted by atomic mass is 32.1. The molecule has 1 aliphatic rings. The van der Waals surface area contributed by atoms with E-state index in [4.69, 9.17) is 5.73 Å². The van der Waals surface area contributed by atoms with Crippen LogP contribution in [-0.2, 0) is 13.0 Å². The van der Waals surface area contributed by atoms with Gasteiger partial charge in [-0.1, -0.05) is 35.6 Å². The van der Waals surface area contributed by atoms with Crippen molar-refractivity contribution in [2.75, 3.05) is 0 Å². The summed E-state index contributed by atoms with van der Waals surface area (Å²) >= 11 is 1.66. The molecule has 2 N–H and O–H groups in total. The maximum absolute atomic E-state index is 5.60. The first kappa shape index (κ1) is 10.9. The molecule has 0 saturated heterocycles. The Kier molecular flexibility index (Phi) is 2.91. The quantitative estimate of drug-likeness (QED) is 0.884. The second kappa shape index (κ2) is 4.55. The first-order valence-electron chi connectivity index (χ1n) is 5.98. The van der Waals surface area contributed by atoms with Gasteiger partial charge in [0.05, 0.1) is 0 Å². The monoisotopic (exact) mass is 245 g/mol. The normalized spacial score (nSPS) is 19.0. The van der Waals surface area contributed by atoms with Crippen LogP contribution in [0, 0.1) is 0 Å². The van der Waals surface area contributed by atoms with Gasteiger partial charge in [0, 0.05) is 12.5 Å². The third-order valence-corrected chi connectivity index (χ3v) is 4.38. The average molecular weight is 245 g/mol. The van der Waals surface area contributed by atoms with E-state index in [-0.39, 0.29) is 0 Å². The molecule has 0 amide bonds. The fraction of sp³-hybridized carbons (Fsp3) is 0.385. The molecule has 3 rings (SSSR count). The van der Waals surface area contributed by atoms with Gasteiger partial charge in [0.1, 0.15) is 10.0 Å². The molecule has 17 heavy (non-hydrogen) atoms. The highest BCUT2D eigenvalue weighted by Gasteiger charge is 2.24. The molecule has 0 bridgehead atoms. The number of aryl methyl sites for hydroxylation is 1. The third-order valence-electron chi connectivity index (χ3n) is 3.32. The lowest BCUT2D eigenvalue weighted by molar-refractivity contribution is 0.609. The fourth-order valence-electron chi connectivity index (χ4n) is 2.50. The summed E-state index contributed by atoms with van der Waals surface area (Å²) in [6, 6.07) is 8.68. The zero-order valence-electron chi connectivity index (χ0n) is 9.60. The van der Waals surface area contributed by atoms with Crippen molar-refractivity contribution in [2.45, 2.75) is 31.7 Å². The van der Waals surface area contributed by atoms with Crippen molar-refractivity contribution in [3.8, 4) is 0 Å². The Labute approximate surface area is 105 Å². The molecule has 0 saturated carbocycles. The highest BCUT2D eigenvalue weighted by Crippen LogP contribution is 2.37. The summed E-state index contributed by atoms with van der Waals surface area (Å²) in [4.78, 5) is 0. The van der Waals surface area contributed by atoms with Gasteiger partial charge < -0.3 is 5.73 Å². The molecule has 1 aromatic carbocycles. The molecule has 0 aliphatic heterocycles. The van der Waals surface area contributed by atoms with Gasteiger partial charge in [-0.05, 0) is 30.4 Å². The lowest BCUT2D eigenvalue weighted by atomic mass is 9.83. The Hall–Kier alpha value is -1.26. The maximum atomic E-state index is 5.60. The van der Waals surface area contributed by atoms with Crippen LogP contribution in [0.1, 0.15) is 39.9 Å². The summed E-state index contributed by atoms with van der Waals surface area (Å²) in [7, 11) is 0. The van der Waals surface area contributed by atoms with E-state index in [1.807, 2.05) is 0 Å². The van der Waals surface area contributed by atoms with Gasteiger partial charge in [0.25, 0.3) is 0 Å². The molecule has 1 unspecified atom stereocenters. The van der Waals surface area contributed by atoms with Crippen molar-refractivity contribution < 1.29 is 0 Å². The summed E-state index contributed by atoms with van der Waals surface area (Å²) in [6.07, 6.45) is 3.60. The van der Waals surface area contributed by atoms with Gasteiger partial charge in [0.2, 0.25) is 0 Å². The molecule has 2 aromatic rings. The van der Waals surface area contributed by atoms with Crippen molar-refractivity contribution >= 4 is 11.3 Å². The molecule has 3 nitrogen and oxygen atoms in total. The smallest absolute Gasteiger partial charge is 0.131 e. The average Bonchev–Trinajstić information content (AvgIpc) is 2.87. The van der Waals surface area contributed by atoms with Crippen LogP contribution in [0.15, 0.2) is 24.3 Å². The van der Waals surface area contributed by atoms with Gasteiger partial charge >= 0.3 is 0 Å². The zero-order chi connectivity index (χ0) is 11.7. The predicted octanol–water partition coefficient (Wildman–Crippen LogP) is 2.46. The number of nitrogens with two attached hydrogens (primary N) is 1. The maximum Gasteiger partial charge on any atom is 0.131 e. The first-order chi connectivity index (χ1) is 8.38. The second-order valence-electron chi connectivity index (χ2n) is 4.38. The summed E-state index contributed by atoms with van der Waals surface area (Å²) in [5.74, 6) is 0.428. The number of nitrogens with zero attached hydrogens (tertiary/aromatic N) is 2. The van der Waals surface area contributed by atoms with E-state index in [1.54, 1.807) is 11.3 Å². The van der Waals surface area contributed by atoms with Crippen molar-refractivity contribution in [1.29, 1.82) is 0 Å². The lowest BCUT2D eigenvalue weighted by Gasteiger charge is -2.23. The molecule has 1 aromatic heterocycles. The Balaban J connectivity index is 1.99. The van der Waals surface area contributed by atoms with Crippen LogP contribution in [0.2, 0.25) is 0 Å². The largest absolute Gasteiger partial charge is 0.324 e. The molecular formula is C13H15N3S. The Morgan fingerprint density at radius 2 is 2.18 bits per heavy atom. The number of aromatic nitrogens is 2. The van der Waals surface area contributed by atoms with Crippen molar-refractivity contribution in [2.24, 2.45) is 5.73 Å². The third kappa shape index (κ3) is 1.98. The van der Waals surface area contributed by atoms with Crippen molar-refractivity contribution in [3.63, 3.8) is 0 Å². The van der Waals surface area contributed by atoms with Crippen LogP contribution in [0.25, 0.3) is 0 Å². The minimum atomic E-state index is 0.428. The number of fused-ring (bicyclic) bond motifs is 1. The van der Waals surface area contributed by atoms with Gasteiger partial charge in [0.15, 0.2) is 0 Å². The molecule has 4 heteroatoms. The second-order valence-corrected chi connectivity index (χ2v) is 5.48. The summed E-state index contributed by atoms with van der Waals surface area (Å²) in [6.45, 7) is 0.492. The fourth-order valence-corrected chi connectivity index (χ4v) is 3.38. The highest BCUT2D eigenvalue weighted by molar-refractivity contribution is 7.11. The first-order valence-corrected chi connectivity index (χ1v) is 6.80. The van der Waals surface area contributed by atoms with E-state index in [0.717, 1.165) is 10.0 Å². The summed E-state index contributed by atoms with van der Waals surface area (Å²) in [5.41, 5.74) is 8.49. The van der Waals surface area contributed by atoms with Gasteiger partial charge in [-0.2, -0.15) is 0 Å². The Morgan fingerprint density at radius 1 is 1.29 bits per heavy atom. The van der Waals surface area contributed by atoms with Crippen molar-refractivity contribution in [3.05, 3.63) is 45.4 Å². The van der Waals surface area contributed by atoms with E-state index in [9.17, 15) is 0 Å².